The van der Waals surface area contributed by atoms with Gasteiger partial charge in [-0.05, 0) is 52.0 Å². The standard InChI is InChI=1S/C15H29N3O/c1-15(2,14(16)19)10-18-13-7-4-3-6-11(13)12-8-5-9-17-12/h11-13,17-18H,3-10H2,1-2H3,(H2,16,19). The first kappa shape index (κ1) is 14.8. The molecule has 1 heterocycles. The number of rotatable bonds is 5. The Morgan fingerprint density at radius 3 is 2.63 bits per heavy atom. The monoisotopic (exact) mass is 267 g/mol. The van der Waals surface area contributed by atoms with E-state index >= 15 is 0 Å². The Labute approximate surface area is 116 Å². The SMILES string of the molecule is CC(C)(CNC1CCCCC1C1CCCN1)C(N)=O. The van der Waals surface area contributed by atoms with Gasteiger partial charge in [0.15, 0.2) is 0 Å². The topological polar surface area (TPSA) is 67.2 Å². The van der Waals surface area contributed by atoms with Crippen LogP contribution < -0.4 is 16.4 Å². The zero-order valence-corrected chi connectivity index (χ0v) is 12.4. The van der Waals surface area contributed by atoms with E-state index in [-0.39, 0.29) is 5.91 Å². The summed E-state index contributed by atoms with van der Waals surface area (Å²) in [5.41, 5.74) is 5.00. The summed E-state index contributed by atoms with van der Waals surface area (Å²) in [5, 5.41) is 7.27. The Morgan fingerprint density at radius 1 is 1.26 bits per heavy atom. The lowest BCUT2D eigenvalue weighted by Crippen LogP contribution is -2.51. The molecule has 3 unspecified atom stereocenters. The van der Waals surface area contributed by atoms with Gasteiger partial charge >= 0.3 is 0 Å². The maximum Gasteiger partial charge on any atom is 0.224 e. The van der Waals surface area contributed by atoms with Crippen LogP contribution in [0.3, 0.4) is 0 Å². The van der Waals surface area contributed by atoms with Crippen LogP contribution in [0.4, 0.5) is 0 Å². The Balaban J connectivity index is 1.90. The molecule has 3 atom stereocenters. The van der Waals surface area contributed by atoms with E-state index in [2.05, 4.69) is 10.6 Å². The van der Waals surface area contributed by atoms with Gasteiger partial charge in [0, 0.05) is 18.6 Å². The summed E-state index contributed by atoms with van der Waals surface area (Å²) < 4.78 is 0. The Kier molecular flexibility index (Phi) is 4.85. The molecule has 110 valence electrons. The van der Waals surface area contributed by atoms with E-state index in [1.165, 1.54) is 45.1 Å². The number of hydrogen-bond donors (Lipinski definition) is 3. The predicted octanol–water partition coefficient (Wildman–Crippen LogP) is 1.40. The fraction of sp³-hybridized carbons (Fsp3) is 0.933. The van der Waals surface area contributed by atoms with Crippen molar-refractivity contribution >= 4 is 5.91 Å². The summed E-state index contributed by atoms with van der Waals surface area (Å²) >= 11 is 0. The molecule has 0 radical (unpaired) electrons. The van der Waals surface area contributed by atoms with Crippen LogP contribution in [-0.4, -0.2) is 31.1 Å². The lowest BCUT2D eigenvalue weighted by molar-refractivity contribution is -0.125. The van der Waals surface area contributed by atoms with Gasteiger partial charge in [-0.3, -0.25) is 4.79 Å². The minimum absolute atomic E-state index is 0.216. The van der Waals surface area contributed by atoms with Crippen molar-refractivity contribution in [2.75, 3.05) is 13.1 Å². The molecular weight excluding hydrogens is 238 g/mol. The van der Waals surface area contributed by atoms with Gasteiger partial charge < -0.3 is 16.4 Å². The van der Waals surface area contributed by atoms with Crippen molar-refractivity contribution in [3.63, 3.8) is 0 Å². The van der Waals surface area contributed by atoms with Crippen LogP contribution in [0, 0.1) is 11.3 Å². The normalized spacial score (nSPS) is 32.4. The van der Waals surface area contributed by atoms with Crippen LogP contribution >= 0.6 is 0 Å². The van der Waals surface area contributed by atoms with Crippen LogP contribution in [0.1, 0.15) is 52.4 Å². The third-order valence-corrected chi connectivity index (χ3v) is 4.91. The summed E-state index contributed by atoms with van der Waals surface area (Å²) in [6.45, 7) is 5.71. The molecule has 1 aliphatic heterocycles. The molecule has 4 nitrogen and oxygen atoms in total. The minimum Gasteiger partial charge on any atom is -0.369 e. The molecule has 0 aromatic heterocycles. The fourth-order valence-electron chi connectivity index (χ4n) is 3.44. The first-order valence-corrected chi connectivity index (χ1v) is 7.77. The molecule has 0 spiro atoms. The van der Waals surface area contributed by atoms with Crippen molar-refractivity contribution in [1.82, 2.24) is 10.6 Å². The first-order chi connectivity index (χ1) is 9.00. The smallest absolute Gasteiger partial charge is 0.224 e. The number of nitrogens with two attached hydrogens (primary N) is 1. The third kappa shape index (κ3) is 3.69. The van der Waals surface area contributed by atoms with E-state index in [9.17, 15) is 4.79 Å². The average molecular weight is 267 g/mol. The van der Waals surface area contributed by atoms with E-state index in [4.69, 9.17) is 5.73 Å². The summed E-state index contributed by atoms with van der Waals surface area (Å²) in [5.74, 6) is 0.506. The van der Waals surface area contributed by atoms with E-state index in [1.54, 1.807) is 0 Å². The van der Waals surface area contributed by atoms with E-state index in [0.717, 1.165) is 5.92 Å². The van der Waals surface area contributed by atoms with Crippen LogP contribution in [0.15, 0.2) is 0 Å². The number of amides is 1. The van der Waals surface area contributed by atoms with E-state index < -0.39 is 5.41 Å². The predicted molar refractivity (Wildman–Crippen MR) is 77.7 cm³/mol. The van der Waals surface area contributed by atoms with Gasteiger partial charge in [-0.2, -0.15) is 0 Å². The van der Waals surface area contributed by atoms with Crippen molar-refractivity contribution in [3.8, 4) is 0 Å². The highest BCUT2D eigenvalue weighted by atomic mass is 16.1. The second-order valence-electron chi connectivity index (χ2n) is 6.89. The first-order valence-electron chi connectivity index (χ1n) is 7.77. The Bertz CT molecular complexity index is 311. The lowest BCUT2D eigenvalue weighted by atomic mass is 9.78. The molecule has 1 saturated heterocycles. The van der Waals surface area contributed by atoms with Gasteiger partial charge in [-0.25, -0.2) is 0 Å². The lowest BCUT2D eigenvalue weighted by Gasteiger charge is -2.38. The highest BCUT2D eigenvalue weighted by Gasteiger charge is 2.34. The molecule has 2 rings (SSSR count). The molecule has 1 saturated carbocycles. The number of carbonyl (C=O) groups is 1. The summed E-state index contributed by atoms with van der Waals surface area (Å²) in [7, 11) is 0. The minimum atomic E-state index is -0.453. The third-order valence-electron chi connectivity index (χ3n) is 4.91. The molecule has 4 heteroatoms. The summed E-state index contributed by atoms with van der Waals surface area (Å²) in [4.78, 5) is 11.4. The number of primary amides is 1. The average Bonchev–Trinajstić information content (AvgIpc) is 2.90. The van der Waals surface area contributed by atoms with Gasteiger partial charge in [0.25, 0.3) is 0 Å². The Morgan fingerprint density at radius 2 is 2.00 bits per heavy atom. The van der Waals surface area contributed by atoms with E-state index in [0.29, 0.717) is 18.6 Å². The molecule has 1 amide bonds. The zero-order valence-electron chi connectivity index (χ0n) is 12.4. The highest BCUT2D eigenvalue weighted by molar-refractivity contribution is 5.80. The fourth-order valence-corrected chi connectivity index (χ4v) is 3.44. The van der Waals surface area contributed by atoms with Gasteiger partial charge in [-0.15, -0.1) is 0 Å². The van der Waals surface area contributed by atoms with Crippen molar-refractivity contribution in [3.05, 3.63) is 0 Å². The van der Waals surface area contributed by atoms with Crippen molar-refractivity contribution in [1.29, 1.82) is 0 Å². The van der Waals surface area contributed by atoms with Crippen LogP contribution in [0.2, 0.25) is 0 Å². The van der Waals surface area contributed by atoms with Gasteiger partial charge in [-0.1, -0.05) is 12.8 Å². The van der Waals surface area contributed by atoms with Crippen molar-refractivity contribution < 1.29 is 4.79 Å². The maximum absolute atomic E-state index is 11.4. The molecule has 1 aliphatic carbocycles. The van der Waals surface area contributed by atoms with Crippen LogP contribution in [0.5, 0.6) is 0 Å². The van der Waals surface area contributed by atoms with Gasteiger partial charge in [0.2, 0.25) is 5.91 Å². The second-order valence-corrected chi connectivity index (χ2v) is 6.89. The highest BCUT2D eigenvalue weighted by Crippen LogP contribution is 2.31. The number of nitrogens with one attached hydrogen (secondary N) is 2. The second kappa shape index (κ2) is 6.23. The summed E-state index contributed by atoms with van der Waals surface area (Å²) in [6.07, 6.45) is 7.81. The molecule has 0 aromatic rings. The van der Waals surface area contributed by atoms with Crippen LogP contribution in [-0.2, 0) is 4.79 Å². The van der Waals surface area contributed by atoms with Gasteiger partial charge in [0.05, 0.1) is 5.41 Å². The summed E-state index contributed by atoms with van der Waals surface area (Å²) in [6, 6.07) is 1.22. The molecular formula is C15H29N3O. The zero-order chi connectivity index (χ0) is 13.9. The molecule has 4 N–H and O–H groups in total. The molecule has 19 heavy (non-hydrogen) atoms. The van der Waals surface area contributed by atoms with Crippen LogP contribution in [0.25, 0.3) is 0 Å². The number of hydrogen-bond acceptors (Lipinski definition) is 3. The van der Waals surface area contributed by atoms with Crippen molar-refractivity contribution in [2.24, 2.45) is 17.1 Å². The Hall–Kier alpha value is -0.610. The maximum atomic E-state index is 11.4. The number of carbonyl (C=O) groups excluding carboxylic acids is 1. The van der Waals surface area contributed by atoms with Crippen molar-refractivity contribution in [2.45, 2.75) is 64.5 Å². The molecule has 2 aliphatic rings. The quantitative estimate of drug-likeness (QED) is 0.705. The molecule has 0 bridgehead atoms. The molecule has 0 aromatic carbocycles. The van der Waals surface area contributed by atoms with Gasteiger partial charge in [0.1, 0.15) is 0 Å². The van der Waals surface area contributed by atoms with E-state index in [1.807, 2.05) is 13.8 Å². The molecule has 2 fully saturated rings. The largest absolute Gasteiger partial charge is 0.369 e.